The van der Waals surface area contributed by atoms with E-state index in [9.17, 15) is 4.79 Å². The van der Waals surface area contributed by atoms with Crippen LogP contribution in [0.25, 0.3) is 0 Å². The Morgan fingerprint density at radius 3 is 2.18 bits per heavy atom. The largest absolute Gasteiger partial charge is 0.359 e. The molecule has 0 aliphatic heterocycles. The molecule has 0 aromatic rings. The van der Waals surface area contributed by atoms with Gasteiger partial charge in [-0.25, -0.2) is 0 Å². The summed E-state index contributed by atoms with van der Waals surface area (Å²) in [6, 6.07) is 0. The van der Waals surface area contributed by atoms with Crippen LogP contribution in [-0.2, 0) is 4.79 Å². The van der Waals surface area contributed by atoms with Gasteiger partial charge >= 0.3 is 0 Å². The highest BCUT2D eigenvalue weighted by molar-refractivity contribution is 5.76. The highest BCUT2D eigenvalue weighted by atomic mass is 16.1. The molecule has 4 fully saturated rings. The van der Waals surface area contributed by atoms with Crippen LogP contribution < -0.4 is 5.32 Å². The van der Waals surface area contributed by atoms with Gasteiger partial charge in [0.25, 0.3) is 0 Å². The summed E-state index contributed by atoms with van der Waals surface area (Å²) in [6.45, 7) is 4.93. The molecule has 4 aliphatic carbocycles. The molecule has 4 aliphatic rings. The lowest BCUT2D eigenvalue weighted by atomic mass is 9.40. The fraction of sp³-hybridized carbons (Fsp3) is 0.933. The SMILES string of the molecule is CNC(=O)CC12CC3CC(C)(CC(C)(C3)C1)C2. The number of carbonyl (C=O) groups excluding carboxylic acids is 1. The normalized spacial score (nSPS) is 51.6. The summed E-state index contributed by atoms with van der Waals surface area (Å²) in [6.07, 6.45) is 8.89. The second kappa shape index (κ2) is 3.27. The predicted octanol–water partition coefficient (Wildman–Crippen LogP) is 3.12. The molecule has 1 N–H and O–H groups in total. The molecule has 0 aromatic carbocycles. The summed E-state index contributed by atoms with van der Waals surface area (Å²) >= 11 is 0. The van der Waals surface area contributed by atoms with Gasteiger partial charge in [0.15, 0.2) is 0 Å². The van der Waals surface area contributed by atoms with E-state index in [1.807, 2.05) is 0 Å². The van der Waals surface area contributed by atoms with E-state index in [0.717, 1.165) is 12.3 Å². The number of amides is 1. The number of nitrogens with one attached hydrogen (secondary N) is 1. The highest BCUT2D eigenvalue weighted by Gasteiger charge is 2.60. The molecule has 0 heterocycles. The Labute approximate surface area is 105 Å². The van der Waals surface area contributed by atoms with Crippen molar-refractivity contribution in [3.8, 4) is 0 Å². The maximum atomic E-state index is 11.8. The van der Waals surface area contributed by atoms with Crippen LogP contribution >= 0.6 is 0 Å². The molecule has 2 nitrogen and oxygen atoms in total. The fourth-order valence-corrected chi connectivity index (χ4v) is 6.31. The summed E-state index contributed by atoms with van der Waals surface area (Å²) < 4.78 is 0. The summed E-state index contributed by atoms with van der Waals surface area (Å²) in [5, 5.41) is 2.83. The minimum Gasteiger partial charge on any atom is -0.359 e. The van der Waals surface area contributed by atoms with Gasteiger partial charge in [0.2, 0.25) is 5.91 Å². The molecule has 0 saturated heterocycles. The number of hydrogen-bond acceptors (Lipinski definition) is 1. The van der Waals surface area contributed by atoms with E-state index in [-0.39, 0.29) is 5.91 Å². The van der Waals surface area contributed by atoms with Crippen LogP contribution in [0, 0.1) is 22.2 Å². The van der Waals surface area contributed by atoms with Crippen LogP contribution in [0.15, 0.2) is 0 Å². The first-order valence-corrected chi connectivity index (χ1v) is 7.07. The number of rotatable bonds is 2. The molecule has 4 rings (SSSR count). The monoisotopic (exact) mass is 235 g/mol. The lowest BCUT2D eigenvalue weighted by Crippen LogP contribution is -2.55. The van der Waals surface area contributed by atoms with Crippen molar-refractivity contribution in [1.29, 1.82) is 0 Å². The summed E-state index contributed by atoms with van der Waals surface area (Å²) in [7, 11) is 1.77. The van der Waals surface area contributed by atoms with Crippen molar-refractivity contribution in [2.75, 3.05) is 7.05 Å². The average Bonchev–Trinajstić information content (AvgIpc) is 2.10. The van der Waals surface area contributed by atoms with Gasteiger partial charge in [-0.1, -0.05) is 13.8 Å². The van der Waals surface area contributed by atoms with Gasteiger partial charge < -0.3 is 5.32 Å². The molecular formula is C15H25NO. The minimum absolute atomic E-state index is 0.249. The van der Waals surface area contributed by atoms with E-state index in [1.54, 1.807) is 7.05 Å². The molecular weight excluding hydrogens is 210 g/mol. The minimum atomic E-state index is 0.249. The Kier molecular flexibility index (Phi) is 2.22. The maximum absolute atomic E-state index is 11.8. The Hall–Kier alpha value is -0.530. The van der Waals surface area contributed by atoms with Crippen molar-refractivity contribution < 1.29 is 4.79 Å². The molecule has 4 saturated carbocycles. The van der Waals surface area contributed by atoms with Gasteiger partial charge in [-0.3, -0.25) is 4.79 Å². The zero-order valence-electron chi connectivity index (χ0n) is 11.4. The topological polar surface area (TPSA) is 29.1 Å². The van der Waals surface area contributed by atoms with Gasteiger partial charge in [-0.2, -0.15) is 0 Å². The van der Waals surface area contributed by atoms with E-state index in [2.05, 4.69) is 19.2 Å². The third kappa shape index (κ3) is 1.80. The molecule has 2 atom stereocenters. The van der Waals surface area contributed by atoms with Crippen molar-refractivity contribution in [1.82, 2.24) is 5.32 Å². The first kappa shape index (κ1) is 11.6. The Morgan fingerprint density at radius 2 is 1.71 bits per heavy atom. The second-order valence-corrected chi connectivity index (χ2v) is 7.98. The van der Waals surface area contributed by atoms with Crippen LogP contribution in [0.5, 0.6) is 0 Å². The first-order valence-electron chi connectivity index (χ1n) is 7.07. The lowest BCUT2D eigenvalue weighted by Gasteiger charge is -2.65. The maximum Gasteiger partial charge on any atom is 0.220 e. The third-order valence-corrected chi connectivity index (χ3v) is 5.56. The molecule has 2 heteroatoms. The van der Waals surface area contributed by atoms with Gasteiger partial charge in [0.05, 0.1) is 0 Å². The predicted molar refractivity (Wildman–Crippen MR) is 68.5 cm³/mol. The van der Waals surface area contributed by atoms with Gasteiger partial charge in [0, 0.05) is 13.5 Å². The third-order valence-electron chi connectivity index (χ3n) is 5.56. The van der Waals surface area contributed by atoms with Gasteiger partial charge in [0.1, 0.15) is 0 Å². The van der Waals surface area contributed by atoms with Crippen LogP contribution in [0.2, 0.25) is 0 Å². The van der Waals surface area contributed by atoms with E-state index in [1.165, 1.54) is 38.5 Å². The molecule has 2 unspecified atom stereocenters. The summed E-state index contributed by atoms with van der Waals surface area (Å²) in [4.78, 5) is 11.8. The summed E-state index contributed by atoms with van der Waals surface area (Å²) in [5.41, 5.74) is 1.40. The van der Waals surface area contributed by atoms with Crippen molar-refractivity contribution >= 4 is 5.91 Å². The van der Waals surface area contributed by atoms with E-state index >= 15 is 0 Å². The van der Waals surface area contributed by atoms with Crippen LogP contribution in [0.4, 0.5) is 0 Å². The molecule has 0 radical (unpaired) electrons. The van der Waals surface area contributed by atoms with Gasteiger partial charge in [-0.05, 0) is 60.7 Å². The smallest absolute Gasteiger partial charge is 0.220 e. The summed E-state index contributed by atoms with van der Waals surface area (Å²) in [5.74, 6) is 1.14. The Bertz CT molecular complexity index is 344. The van der Waals surface area contributed by atoms with Crippen molar-refractivity contribution in [3.63, 3.8) is 0 Å². The van der Waals surface area contributed by atoms with Crippen molar-refractivity contribution in [2.45, 2.75) is 58.8 Å². The average molecular weight is 235 g/mol. The van der Waals surface area contributed by atoms with Crippen LogP contribution in [-0.4, -0.2) is 13.0 Å². The Balaban J connectivity index is 1.89. The highest BCUT2D eigenvalue weighted by Crippen LogP contribution is 2.70. The molecule has 0 spiro atoms. The van der Waals surface area contributed by atoms with E-state index < -0.39 is 0 Å². The quantitative estimate of drug-likeness (QED) is 0.783. The first-order chi connectivity index (χ1) is 7.86. The zero-order chi connectivity index (χ0) is 12.3. The Morgan fingerprint density at radius 1 is 1.12 bits per heavy atom. The standard InChI is InChI=1S/C15H25NO/c1-13-4-11-5-14(2,8-13)10-15(6-11,9-13)7-12(17)16-3/h11H,4-10H2,1-3H3,(H,16,17). The van der Waals surface area contributed by atoms with Crippen LogP contribution in [0.3, 0.4) is 0 Å². The molecule has 1 amide bonds. The molecule has 4 bridgehead atoms. The molecule has 96 valence electrons. The van der Waals surface area contributed by atoms with Crippen LogP contribution in [0.1, 0.15) is 58.8 Å². The van der Waals surface area contributed by atoms with Gasteiger partial charge in [-0.15, -0.1) is 0 Å². The molecule has 17 heavy (non-hydrogen) atoms. The molecule has 0 aromatic heterocycles. The zero-order valence-corrected chi connectivity index (χ0v) is 11.4. The lowest BCUT2D eigenvalue weighted by molar-refractivity contribution is -0.155. The van der Waals surface area contributed by atoms with Crippen molar-refractivity contribution in [2.24, 2.45) is 22.2 Å². The van der Waals surface area contributed by atoms with Crippen molar-refractivity contribution in [3.05, 3.63) is 0 Å². The fourth-order valence-electron chi connectivity index (χ4n) is 6.31. The second-order valence-electron chi connectivity index (χ2n) is 7.98. The van der Waals surface area contributed by atoms with E-state index in [0.29, 0.717) is 16.2 Å². The number of carbonyl (C=O) groups is 1. The number of hydrogen-bond donors (Lipinski definition) is 1. The van der Waals surface area contributed by atoms with E-state index in [4.69, 9.17) is 0 Å².